The van der Waals surface area contributed by atoms with Crippen LogP contribution in [0.25, 0.3) is 0 Å². The number of aliphatic hydroxyl groups is 1. The predicted molar refractivity (Wildman–Crippen MR) is 67.1 cm³/mol. The van der Waals surface area contributed by atoms with Crippen molar-refractivity contribution < 1.29 is 9.84 Å². The highest BCUT2D eigenvalue weighted by molar-refractivity contribution is 6.32. The molecular weight excluding hydrogens is 224 g/mol. The average Bonchev–Trinajstić information content (AvgIpc) is 2.15. The third kappa shape index (κ3) is 4.25. The van der Waals surface area contributed by atoms with Gasteiger partial charge in [0.1, 0.15) is 12.4 Å². The Labute approximate surface area is 102 Å². The minimum atomic E-state index is -0.363. The summed E-state index contributed by atoms with van der Waals surface area (Å²) in [4.78, 5) is 0. The van der Waals surface area contributed by atoms with E-state index >= 15 is 0 Å². The maximum absolute atomic E-state index is 9.26. The molecule has 1 aromatic rings. The Kier molecular flexibility index (Phi) is 4.84. The predicted octanol–water partition coefficient (Wildman–Crippen LogP) is 3.22. The molecule has 1 N–H and O–H groups in total. The Bertz CT molecular complexity index is 372. The van der Waals surface area contributed by atoms with Gasteiger partial charge in [-0.25, -0.2) is 0 Å². The summed E-state index contributed by atoms with van der Waals surface area (Å²) in [6.45, 7) is 7.87. The van der Waals surface area contributed by atoms with Gasteiger partial charge in [-0.2, -0.15) is 0 Å². The summed E-state index contributed by atoms with van der Waals surface area (Å²) in [6.07, 6.45) is 0.235. The summed E-state index contributed by atoms with van der Waals surface area (Å²) in [5, 5.41) is 9.83. The third-order valence-corrected chi connectivity index (χ3v) is 2.30. The van der Waals surface area contributed by atoms with Crippen LogP contribution in [0.15, 0.2) is 30.4 Å². The van der Waals surface area contributed by atoms with Gasteiger partial charge in [0.15, 0.2) is 0 Å². The first-order chi connectivity index (χ1) is 7.49. The SMILES string of the molecule is C=C(C)COc1ccc(CC(C)O)cc1Cl. The van der Waals surface area contributed by atoms with Gasteiger partial charge >= 0.3 is 0 Å². The smallest absolute Gasteiger partial charge is 0.138 e. The summed E-state index contributed by atoms with van der Waals surface area (Å²) >= 11 is 6.06. The Hall–Kier alpha value is -0.990. The second-order valence-corrected chi connectivity index (χ2v) is 4.47. The summed E-state index contributed by atoms with van der Waals surface area (Å²) in [5.74, 6) is 0.652. The molecule has 2 nitrogen and oxygen atoms in total. The van der Waals surface area contributed by atoms with Crippen molar-refractivity contribution in [3.05, 3.63) is 40.9 Å². The normalized spacial score (nSPS) is 12.2. The van der Waals surface area contributed by atoms with E-state index in [4.69, 9.17) is 16.3 Å². The highest BCUT2D eigenvalue weighted by Gasteiger charge is 2.05. The maximum atomic E-state index is 9.26. The van der Waals surface area contributed by atoms with Gasteiger partial charge in [0, 0.05) is 0 Å². The van der Waals surface area contributed by atoms with E-state index in [-0.39, 0.29) is 6.10 Å². The zero-order valence-corrected chi connectivity index (χ0v) is 10.4. The molecule has 0 saturated carbocycles. The molecule has 88 valence electrons. The Morgan fingerprint density at radius 1 is 1.56 bits per heavy atom. The number of aliphatic hydroxyl groups excluding tert-OH is 1. The molecule has 1 unspecified atom stereocenters. The van der Waals surface area contributed by atoms with E-state index in [9.17, 15) is 5.11 Å². The monoisotopic (exact) mass is 240 g/mol. The molecule has 0 amide bonds. The van der Waals surface area contributed by atoms with Crippen molar-refractivity contribution in [2.45, 2.75) is 26.4 Å². The lowest BCUT2D eigenvalue weighted by Gasteiger charge is -2.10. The number of halogens is 1. The first-order valence-corrected chi connectivity index (χ1v) is 5.60. The summed E-state index contributed by atoms with van der Waals surface area (Å²) < 4.78 is 5.46. The number of rotatable bonds is 5. The van der Waals surface area contributed by atoms with Crippen LogP contribution in [-0.4, -0.2) is 17.8 Å². The van der Waals surface area contributed by atoms with Crippen molar-refractivity contribution in [1.82, 2.24) is 0 Å². The van der Waals surface area contributed by atoms with Gasteiger partial charge in [-0.1, -0.05) is 24.2 Å². The first kappa shape index (κ1) is 13.1. The molecule has 1 rings (SSSR count). The van der Waals surface area contributed by atoms with Crippen LogP contribution >= 0.6 is 11.6 Å². The Balaban J connectivity index is 2.71. The van der Waals surface area contributed by atoms with E-state index in [1.165, 1.54) is 0 Å². The molecule has 0 bridgehead atoms. The van der Waals surface area contributed by atoms with Crippen molar-refractivity contribution >= 4 is 11.6 Å². The lowest BCUT2D eigenvalue weighted by molar-refractivity contribution is 0.195. The molecule has 0 saturated heterocycles. The largest absolute Gasteiger partial charge is 0.488 e. The Morgan fingerprint density at radius 3 is 2.75 bits per heavy atom. The van der Waals surface area contributed by atoms with E-state index in [0.717, 1.165) is 11.1 Å². The molecule has 0 heterocycles. The van der Waals surface area contributed by atoms with Gasteiger partial charge in [-0.15, -0.1) is 0 Å². The third-order valence-electron chi connectivity index (χ3n) is 2.00. The molecule has 0 aromatic heterocycles. The lowest BCUT2D eigenvalue weighted by atomic mass is 10.1. The van der Waals surface area contributed by atoms with E-state index in [2.05, 4.69) is 6.58 Å². The zero-order chi connectivity index (χ0) is 12.1. The van der Waals surface area contributed by atoms with Crippen LogP contribution in [0.4, 0.5) is 0 Å². The minimum absolute atomic E-state index is 0.363. The fraction of sp³-hybridized carbons (Fsp3) is 0.385. The number of hydrogen-bond acceptors (Lipinski definition) is 2. The minimum Gasteiger partial charge on any atom is -0.488 e. The topological polar surface area (TPSA) is 29.5 Å². The van der Waals surface area contributed by atoms with Crippen LogP contribution in [0.3, 0.4) is 0 Å². The van der Waals surface area contributed by atoms with Crippen LogP contribution < -0.4 is 4.74 Å². The van der Waals surface area contributed by atoms with Gasteiger partial charge in [0.25, 0.3) is 0 Å². The van der Waals surface area contributed by atoms with E-state index in [0.29, 0.717) is 23.8 Å². The van der Waals surface area contributed by atoms with Gasteiger partial charge in [0.05, 0.1) is 11.1 Å². The highest BCUT2D eigenvalue weighted by Crippen LogP contribution is 2.26. The number of ether oxygens (including phenoxy) is 1. The van der Waals surface area contributed by atoms with Crippen LogP contribution in [0.5, 0.6) is 5.75 Å². The Morgan fingerprint density at radius 2 is 2.25 bits per heavy atom. The van der Waals surface area contributed by atoms with Crippen molar-refractivity contribution in [2.75, 3.05) is 6.61 Å². The lowest BCUT2D eigenvalue weighted by Crippen LogP contribution is -2.04. The van der Waals surface area contributed by atoms with Crippen LogP contribution in [-0.2, 0) is 6.42 Å². The molecule has 16 heavy (non-hydrogen) atoms. The zero-order valence-electron chi connectivity index (χ0n) is 9.66. The van der Waals surface area contributed by atoms with E-state index in [1.54, 1.807) is 6.92 Å². The fourth-order valence-electron chi connectivity index (χ4n) is 1.33. The molecule has 1 aromatic carbocycles. The van der Waals surface area contributed by atoms with Crippen molar-refractivity contribution in [1.29, 1.82) is 0 Å². The summed E-state index contributed by atoms with van der Waals surface area (Å²) in [6, 6.07) is 5.55. The van der Waals surface area contributed by atoms with Gasteiger partial charge in [-0.3, -0.25) is 0 Å². The van der Waals surface area contributed by atoms with E-state index < -0.39 is 0 Å². The number of benzene rings is 1. The van der Waals surface area contributed by atoms with Crippen LogP contribution in [0, 0.1) is 0 Å². The molecule has 0 fully saturated rings. The van der Waals surface area contributed by atoms with Crippen molar-refractivity contribution in [2.24, 2.45) is 0 Å². The van der Waals surface area contributed by atoms with Crippen molar-refractivity contribution in [3.8, 4) is 5.75 Å². The van der Waals surface area contributed by atoms with Crippen LogP contribution in [0.1, 0.15) is 19.4 Å². The van der Waals surface area contributed by atoms with Gasteiger partial charge in [-0.05, 0) is 43.5 Å². The maximum Gasteiger partial charge on any atom is 0.138 e. The molecule has 3 heteroatoms. The van der Waals surface area contributed by atoms with Gasteiger partial charge in [0.2, 0.25) is 0 Å². The molecular formula is C13H17ClO2. The number of hydrogen-bond donors (Lipinski definition) is 1. The van der Waals surface area contributed by atoms with Gasteiger partial charge < -0.3 is 9.84 Å². The summed E-state index contributed by atoms with van der Waals surface area (Å²) in [5.41, 5.74) is 1.95. The molecule has 0 aliphatic heterocycles. The molecule has 0 spiro atoms. The second-order valence-electron chi connectivity index (χ2n) is 4.06. The second kappa shape index (κ2) is 5.92. The quantitative estimate of drug-likeness (QED) is 0.801. The highest BCUT2D eigenvalue weighted by atomic mass is 35.5. The molecule has 0 radical (unpaired) electrons. The van der Waals surface area contributed by atoms with E-state index in [1.807, 2.05) is 25.1 Å². The summed E-state index contributed by atoms with van der Waals surface area (Å²) in [7, 11) is 0. The molecule has 0 aliphatic carbocycles. The standard InChI is InChI=1S/C13H17ClO2/c1-9(2)8-16-13-5-4-11(6-10(3)15)7-12(13)14/h4-5,7,10,15H,1,6,8H2,2-3H3. The van der Waals surface area contributed by atoms with Crippen LogP contribution in [0.2, 0.25) is 5.02 Å². The van der Waals surface area contributed by atoms with Crippen molar-refractivity contribution in [3.63, 3.8) is 0 Å². The molecule has 1 atom stereocenters. The first-order valence-electron chi connectivity index (χ1n) is 5.22. The average molecular weight is 241 g/mol. The molecule has 0 aliphatic rings. The fourth-order valence-corrected chi connectivity index (χ4v) is 1.59.